The number of anilines is 2. The molecule has 0 saturated carbocycles. The van der Waals surface area contributed by atoms with Gasteiger partial charge in [0.1, 0.15) is 24.6 Å². The van der Waals surface area contributed by atoms with Crippen LogP contribution in [0, 0.1) is 0 Å². The first-order valence-corrected chi connectivity index (χ1v) is 8.35. The van der Waals surface area contributed by atoms with E-state index in [9.17, 15) is 0 Å². The second-order valence-electron chi connectivity index (χ2n) is 5.95. The maximum Gasteiger partial charge on any atom is 0.156 e. The molecule has 3 aromatic rings. The minimum absolute atomic E-state index is 0.431. The second-order valence-corrected chi connectivity index (χ2v) is 5.95. The molecule has 0 unspecified atom stereocenters. The normalized spacial score (nSPS) is 14.9. The molecular weight excluding hydrogens is 316 g/mol. The standard InChI is InChI=1S/C18H20N6O/c1-25-12-16-19-7-6-17(22-16)23-8-10-24(11-9-23)18-14-4-2-3-5-15(14)20-13-21-18/h2-7,13H,8-12H2,1H3. The number of rotatable bonds is 4. The summed E-state index contributed by atoms with van der Waals surface area (Å²) in [5.41, 5.74) is 0.981. The molecule has 1 aromatic carbocycles. The van der Waals surface area contributed by atoms with Gasteiger partial charge in [-0.05, 0) is 18.2 Å². The fraction of sp³-hybridized carbons (Fsp3) is 0.333. The van der Waals surface area contributed by atoms with Crippen LogP contribution in [0.4, 0.5) is 11.6 Å². The Bertz CT molecular complexity index is 858. The van der Waals surface area contributed by atoms with E-state index in [2.05, 4.69) is 35.8 Å². The number of hydrogen-bond acceptors (Lipinski definition) is 7. The van der Waals surface area contributed by atoms with Crippen molar-refractivity contribution in [2.24, 2.45) is 0 Å². The summed E-state index contributed by atoms with van der Waals surface area (Å²) in [5.74, 6) is 2.67. The summed E-state index contributed by atoms with van der Waals surface area (Å²) in [4.78, 5) is 22.3. The van der Waals surface area contributed by atoms with Gasteiger partial charge in [0.25, 0.3) is 0 Å². The molecule has 0 radical (unpaired) electrons. The Labute approximate surface area is 146 Å². The molecule has 7 nitrogen and oxygen atoms in total. The minimum Gasteiger partial charge on any atom is -0.377 e. The lowest BCUT2D eigenvalue weighted by atomic mass is 10.2. The number of hydrogen-bond donors (Lipinski definition) is 0. The zero-order valence-electron chi connectivity index (χ0n) is 14.2. The Morgan fingerprint density at radius 2 is 1.76 bits per heavy atom. The highest BCUT2D eigenvalue weighted by molar-refractivity contribution is 5.89. The number of para-hydroxylation sites is 1. The summed E-state index contributed by atoms with van der Waals surface area (Å²) < 4.78 is 5.12. The highest BCUT2D eigenvalue weighted by atomic mass is 16.5. The largest absolute Gasteiger partial charge is 0.377 e. The molecule has 0 atom stereocenters. The predicted octanol–water partition coefficient (Wildman–Crippen LogP) is 1.89. The highest BCUT2D eigenvalue weighted by Crippen LogP contribution is 2.24. The maximum absolute atomic E-state index is 5.12. The second kappa shape index (κ2) is 6.98. The van der Waals surface area contributed by atoms with Gasteiger partial charge in [-0.2, -0.15) is 0 Å². The van der Waals surface area contributed by atoms with Crippen LogP contribution in [-0.2, 0) is 11.3 Å². The third kappa shape index (κ3) is 3.23. The van der Waals surface area contributed by atoms with E-state index < -0.39 is 0 Å². The van der Waals surface area contributed by atoms with Crippen LogP contribution in [0.15, 0.2) is 42.9 Å². The maximum atomic E-state index is 5.12. The first-order chi connectivity index (χ1) is 12.3. The van der Waals surface area contributed by atoms with Crippen molar-refractivity contribution in [3.05, 3.63) is 48.7 Å². The molecular formula is C18H20N6O. The molecule has 25 heavy (non-hydrogen) atoms. The van der Waals surface area contributed by atoms with Crippen LogP contribution < -0.4 is 9.80 Å². The molecule has 4 rings (SSSR count). The summed E-state index contributed by atoms with van der Waals surface area (Å²) in [6.45, 7) is 4.00. The Morgan fingerprint density at radius 1 is 0.960 bits per heavy atom. The van der Waals surface area contributed by atoms with Gasteiger partial charge in [-0.25, -0.2) is 19.9 Å². The first-order valence-electron chi connectivity index (χ1n) is 8.35. The lowest BCUT2D eigenvalue weighted by Gasteiger charge is -2.36. The Morgan fingerprint density at radius 3 is 2.60 bits per heavy atom. The van der Waals surface area contributed by atoms with Crippen LogP contribution in [0.1, 0.15) is 5.82 Å². The molecule has 0 N–H and O–H groups in total. The SMILES string of the molecule is COCc1nccc(N2CCN(c3ncnc4ccccc34)CC2)n1. The summed E-state index contributed by atoms with van der Waals surface area (Å²) in [6, 6.07) is 10.1. The molecule has 1 saturated heterocycles. The van der Waals surface area contributed by atoms with E-state index in [1.54, 1.807) is 19.6 Å². The van der Waals surface area contributed by atoms with Crippen molar-refractivity contribution < 1.29 is 4.74 Å². The van der Waals surface area contributed by atoms with Gasteiger partial charge in [-0.15, -0.1) is 0 Å². The Kier molecular flexibility index (Phi) is 4.39. The fourth-order valence-corrected chi connectivity index (χ4v) is 3.15. The van der Waals surface area contributed by atoms with E-state index in [-0.39, 0.29) is 0 Å². The molecule has 0 amide bonds. The lowest BCUT2D eigenvalue weighted by Crippen LogP contribution is -2.47. The molecule has 0 aliphatic carbocycles. The van der Waals surface area contributed by atoms with Crippen LogP contribution in [0.2, 0.25) is 0 Å². The van der Waals surface area contributed by atoms with Crippen molar-refractivity contribution in [1.29, 1.82) is 0 Å². The van der Waals surface area contributed by atoms with Gasteiger partial charge < -0.3 is 14.5 Å². The van der Waals surface area contributed by atoms with E-state index in [1.807, 2.05) is 24.3 Å². The number of piperazine rings is 1. The number of ether oxygens (including phenoxy) is 1. The summed E-state index contributed by atoms with van der Waals surface area (Å²) >= 11 is 0. The van der Waals surface area contributed by atoms with E-state index in [4.69, 9.17) is 4.74 Å². The molecule has 1 fully saturated rings. The summed E-state index contributed by atoms with van der Waals surface area (Å²) in [5, 5.41) is 1.10. The molecule has 128 valence electrons. The van der Waals surface area contributed by atoms with Gasteiger partial charge in [0.15, 0.2) is 5.82 Å². The zero-order valence-corrected chi connectivity index (χ0v) is 14.2. The van der Waals surface area contributed by atoms with Crippen LogP contribution in [0.3, 0.4) is 0 Å². The van der Waals surface area contributed by atoms with E-state index in [0.29, 0.717) is 12.4 Å². The summed E-state index contributed by atoms with van der Waals surface area (Å²) in [6.07, 6.45) is 3.44. The Hall–Kier alpha value is -2.80. The molecule has 0 spiro atoms. The Balaban J connectivity index is 1.50. The molecule has 3 heterocycles. The van der Waals surface area contributed by atoms with Crippen LogP contribution in [0.5, 0.6) is 0 Å². The van der Waals surface area contributed by atoms with Crippen LogP contribution in [-0.4, -0.2) is 53.2 Å². The monoisotopic (exact) mass is 336 g/mol. The van der Waals surface area contributed by atoms with Gasteiger partial charge >= 0.3 is 0 Å². The van der Waals surface area contributed by atoms with Gasteiger partial charge in [-0.3, -0.25) is 0 Å². The highest BCUT2D eigenvalue weighted by Gasteiger charge is 2.21. The van der Waals surface area contributed by atoms with Gasteiger partial charge in [0.05, 0.1) is 5.52 Å². The summed E-state index contributed by atoms with van der Waals surface area (Å²) in [7, 11) is 1.65. The number of methoxy groups -OCH3 is 1. The molecule has 2 aromatic heterocycles. The first kappa shape index (κ1) is 15.7. The van der Waals surface area contributed by atoms with Crippen molar-refractivity contribution in [2.45, 2.75) is 6.61 Å². The minimum atomic E-state index is 0.431. The zero-order chi connectivity index (χ0) is 17.1. The van der Waals surface area contributed by atoms with Gasteiger partial charge in [0, 0.05) is 44.9 Å². The van der Waals surface area contributed by atoms with Crippen molar-refractivity contribution >= 4 is 22.5 Å². The average molecular weight is 336 g/mol. The molecule has 7 heteroatoms. The lowest BCUT2D eigenvalue weighted by molar-refractivity contribution is 0.178. The van der Waals surface area contributed by atoms with Crippen molar-refractivity contribution in [1.82, 2.24) is 19.9 Å². The number of aromatic nitrogens is 4. The van der Waals surface area contributed by atoms with Crippen LogP contribution >= 0.6 is 0 Å². The molecule has 1 aliphatic heterocycles. The smallest absolute Gasteiger partial charge is 0.156 e. The molecule has 0 bridgehead atoms. The molecule has 1 aliphatic rings. The number of fused-ring (bicyclic) bond motifs is 1. The van der Waals surface area contributed by atoms with Crippen LogP contribution in [0.25, 0.3) is 10.9 Å². The number of benzene rings is 1. The third-order valence-corrected chi connectivity index (χ3v) is 4.39. The topological polar surface area (TPSA) is 67.3 Å². The van der Waals surface area contributed by atoms with Crippen molar-refractivity contribution in [2.75, 3.05) is 43.1 Å². The third-order valence-electron chi connectivity index (χ3n) is 4.39. The van der Waals surface area contributed by atoms with Crippen molar-refractivity contribution in [3.63, 3.8) is 0 Å². The van der Waals surface area contributed by atoms with Gasteiger partial charge in [-0.1, -0.05) is 12.1 Å². The quantitative estimate of drug-likeness (QED) is 0.721. The number of nitrogens with zero attached hydrogens (tertiary/aromatic N) is 6. The van der Waals surface area contributed by atoms with Crippen molar-refractivity contribution in [3.8, 4) is 0 Å². The van der Waals surface area contributed by atoms with E-state index in [0.717, 1.165) is 48.7 Å². The fourth-order valence-electron chi connectivity index (χ4n) is 3.15. The van der Waals surface area contributed by atoms with E-state index in [1.165, 1.54) is 0 Å². The van der Waals surface area contributed by atoms with E-state index >= 15 is 0 Å². The van der Waals surface area contributed by atoms with Gasteiger partial charge in [0.2, 0.25) is 0 Å². The predicted molar refractivity (Wildman–Crippen MR) is 96.7 cm³/mol. The average Bonchev–Trinajstić information content (AvgIpc) is 2.68.